The lowest BCUT2D eigenvalue weighted by Gasteiger charge is -2.25. The third-order valence-corrected chi connectivity index (χ3v) is 4.80. The van der Waals surface area contributed by atoms with Crippen LogP contribution in [-0.2, 0) is 11.3 Å². The predicted molar refractivity (Wildman–Crippen MR) is 86.8 cm³/mol. The Morgan fingerprint density at radius 1 is 1.50 bits per heavy atom. The van der Waals surface area contributed by atoms with Gasteiger partial charge in [0, 0.05) is 57.6 Å². The molecule has 0 bridgehead atoms. The van der Waals surface area contributed by atoms with Gasteiger partial charge in [0.15, 0.2) is 5.96 Å². The van der Waals surface area contributed by atoms with Gasteiger partial charge in [0.25, 0.3) is 0 Å². The van der Waals surface area contributed by atoms with Crippen molar-refractivity contribution in [2.24, 2.45) is 16.3 Å². The van der Waals surface area contributed by atoms with Crippen LogP contribution < -0.4 is 5.32 Å². The standard InChI is InChI=1S/C16H27N5O/c1-14(11-21-7-3-6-19-21)10-18-15(17-2)20-8-4-16(12-20)5-9-22-13-16/h3,6-7,14H,4-5,8-13H2,1-2H3,(H,17,18). The SMILES string of the molecule is CN=C(NCC(C)Cn1cccn1)N1CCC2(CCOC2)C1. The molecule has 122 valence electrons. The number of aromatic nitrogens is 2. The average molecular weight is 305 g/mol. The number of ether oxygens (including phenoxy) is 1. The van der Waals surface area contributed by atoms with E-state index in [0.717, 1.165) is 45.4 Å². The van der Waals surface area contributed by atoms with Crippen LogP contribution >= 0.6 is 0 Å². The second-order valence-corrected chi connectivity index (χ2v) is 6.74. The number of nitrogens with one attached hydrogen (secondary N) is 1. The molecule has 1 spiro atoms. The van der Waals surface area contributed by atoms with Gasteiger partial charge in [-0.2, -0.15) is 5.10 Å². The van der Waals surface area contributed by atoms with E-state index in [1.165, 1.54) is 12.8 Å². The van der Waals surface area contributed by atoms with Gasteiger partial charge < -0.3 is 15.0 Å². The summed E-state index contributed by atoms with van der Waals surface area (Å²) in [6.07, 6.45) is 6.24. The lowest BCUT2D eigenvalue weighted by Crippen LogP contribution is -2.43. The van der Waals surface area contributed by atoms with Crippen LogP contribution in [0.1, 0.15) is 19.8 Å². The quantitative estimate of drug-likeness (QED) is 0.671. The highest BCUT2D eigenvalue weighted by Gasteiger charge is 2.42. The highest BCUT2D eigenvalue weighted by atomic mass is 16.5. The van der Waals surface area contributed by atoms with Crippen LogP contribution in [0.3, 0.4) is 0 Å². The van der Waals surface area contributed by atoms with Gasteiger partial charge in [-0.25, -0.2) is 0 Å². The fourth-order valence-electron chi connectivity index (χ4n) is 3.48. The average Bonchev–Trinajstić information content (AvgIpc) is 3.24. The molecular weight excluding hydrogens is 278 g/mol. The van der Waals surface area contributed by atoms with E-state index < -0.39 is 0 Å². The third kappa shape index (κ3) is 3.43. The Balaban J connectivity index is 1.48. The zero-order valence-corrected chi connectivity index (χ0v) is 13.7. The summed E-state index contributed by atoms with van der Waals surface area (Å²) in [7, 11) is 1.87. The zero-order chi connectivity index (χ0) is 15.4. The number of aliphatic imine (C=N–C) groups is 1. The summed E-state index contributed by atoms with van der Waals surface area (Å²) < 4.78 is 7.59. The molecule has 3 heterocycles. The van der Waals surface area contributed by atoms with E-state index in [1.807, 2.05) is 30.2 Å². The molecule has 6 heteroatoms. The summed E-state index contributed by atoms with van der Waals surface area (Å²) in [4.78, 5) is 6.85. The molecule has 2 aliphatic heterocycles. The van der Waals surface area contributed by atoms with Crippen molar-refractivity contribution in [1.82, 2.24) is 20.0 Å². The molecule has 1 aromatic heterocycles. The second-order valence-electron chi connectivity index (χ2n) is 6.74. The van der Waals surface area contributed by atoms with Crippen molar-refractivity contribution in [1.29, 1.82) is 0 Å². The first-order chi connectivity index (χ1) is 10.7. The van der Waals surface area contributed by atoms with Gasteiger partial charge in [-0.1, -0.05) is 6.92 Å². The molecule has 2 unspecified atom stereocenters. The zero-order valence-electron chi connectivity index (χ0n) is 13.7. The molecule has 2 fully saturated rings. The first-order valence-electron chi connectivity index (χ1n) is 8.22. The summed E-state index contributed by atoms with van der Waals surface area (Å²) in [5, 5.41) is 7.79. The van der Waals surface area contributed by atoms with Crippen molar-refractivity contribution < 1.29 is 4.74 Å². The Labute approximate surface area is 132 Å². The van der Waals surface area contributed by atoms with E-state index in [-0.39, 0.29) is 0 Å². The van der Waals surface area contributed by atoms with Crippen LogP contribution in [0.2, 0.25) is 0 Å². The monoisotopic (exact) mass is 305 g/mol. The fourth-order valence-corrected chi connectivity index (χ4v) is 3.48. The number of likely N-dealkylation sites (tertiary alicyclic amines) is 1. The number of hydrogen-bond donors (Lipinski definition) is 1. The minimum Gasteiger partial charge on any atom is -0.381 e. The summed E-state index contributed by atoms with van der Waals surface area (Å²) in [5.41, 5.74) is 0.373. The normalized spacial score (nSPS) is 26.8. The molecule has 0 radical (unpaired) electrons. The van der Waals surface area contributed by atoms with Crippen LogP contribution in [-0.4, -0.2) is 60.5 Å². The largest absolute Gasteiger partial charge is 0.381 e. The molecule has 3 rings (SSSR count). The summed E-state index contributed by atoms with van der Waals surface area (Å²) >= 11 is 0. The third-order valence-electron chi connectivity index (χ3n) is 4.80. The van der Waals surface area contributed by atoms with Crippen LogP contribution in [0.15, 0.2) is 23.5 Å². The van der Waals surface area contributed by atoms with E-state index in [2.05, 4.69) is 27.2 Å². The van der Waals surface area contributed by atoms with Crippen molar-refractivity contribution >= 4 is 5.96 Å². The van der Waals surface area contributed by atoms with Gasteiger partial charge in [0.1, 0.15) is 0 Å². The van der Waals surface area contributed by atoms with Gasteiger partial charge in [0.2, 0.25) is 0 Å². The Morgan fingerprint density at radius 2 is 2.41 bits per heavy atom. The van der Waals surface area contributed by atoms with Crippen molar-refractivity contribution in [2.75, 3.05) is 39.9 Å². The summed E-state index contributed by atoms with van der Waals surface area (Å²) in [5.74, 6) is 1.53. The smallest absolute Gasteiger partial charge is 0.193 e. The maximum atomic E-state index is 5.60. The minimum absolute atomic E-state index is 0.373. The number of guanidine groups is 1. The van der Waals surface area contributed by atoms with Crippen molar-refractivity contribution in [3.63, 3.8) is 0 Å². The Hall–Kier alpha value is -1.56. The molecule has 6 nitrogen and oxygen atoms in total. The Bertz CT molecular complexity index is 493. The molecule has 2 atom stereocenters. The topological polar surface area (TPSA) is 54.7 Å². The molecular formula is C16H27N5O. The summed E-state index contributed by atoms with van der Waals surface area (Å²) in [6, 6.07) is 1.96. The highest BCUT2D eigenvalue weighted by molar-refractivity contribution is 5.80. The molecule has 1 aromatic rings. The van der Waals surface area contributed by atoms with Gasteiger partial charge in [-0.3, -0.25) is 9.67 Å². The lowest BCUT2D eigenvalue weighted by molar-refractivity contribution is 0.156. The van der Waals surface area contributed by atoms with Gasteiger partial charge in [0.05, 0.1) is 6.61 Å². The lowest BCUT2D eigenvalue weighted by atomic mass is 9.87. The van der Waals surface area contributed by atoms with Crippen molar-refractivity contribution in [3.05, 3.63) is 18.5 Å². The number of rotatable bonds is 4. The maximum absolute atomic E-state index is 5.60. The number of hydrogen-bond acceptors (Lipinski definition) is 3. The molecule has 2 saturated heterocycles. The molecule has 0 aromatic carbocycles. The fraction of sp³-hybridized carbons (Fsp3) is 0.750. The van der Waals surface area contributed by atoms with E-state index in [9.17, 15) is 0 Å². The van der Waals surface area contributed by atoms with Crippen LogP contribution in [0.4, 0.5) is 0 Å². The molecule has 1 N–H and O–H groups in total. The van der Waals surface area contributed by atoms with Gasteiger partial charge >= 0.3 is 0 Å². The number of nitrogens with zero attached hydrogens (tertiary/aromatic N) is 4. The van der Waals surface area contributed by atoms with E-state index in [1.54, 1.807) is 0 Å². The van der Waals surface area contributed by atoms with Crippen LogP contribution in [0.5, 0.6) is 0 Å². The first kappa shape index (κ1) is 15.3. The first-order valence-corrected chi connectivity index (χ1v) is 8.22. The van der Waals surface area contributed by atoms with Crippen LogP contribution in [0, 0.1) is 11.3 Å². The van der Waals surface area contributed by atoms with Crippen molar-refractivity contribution in [3.8, 4) is 0 Å². The van der Waals surface area contributed by atoms with E-state index in [4.69, 9.17) is 4.74 Å². The highest BCUT2D eigenvalue weighted by Crippen LogP contribution is 2.38. The second kappa shape index (κ2) is 6.69. The van der Waals surface area contributed by atoms with E-state index >= 15 is 0 Å². The molecule has 0 aliphatic carbocycles. The van der Waals surface area contributed by atoms with Crippen molar-refractivity contribution in [2.45, 2.75) is 26.3 Å². The maximum Gasteiger partial charge on any atom is 0.193 e. The Morgan fingerprint density at radius 3 is 3.09 bits per heavy atom. The Kier molecular flexibility index (Phi) is 4.66. The predicted octanol–water partition coefficient (Wildman–Crippen LogP) is 1.21. The van der Waals surface area contributed by atoms with Gasteiger partial charge in [-0.15, -0.1) is 0 Å². The van der Waals surface area contributed by atoms with E-state index in [0.29, 0.717) is 11.3 Å². The summed E-state index contributed by atoms with van der Waals surface area (Å²) in [6.45, 7) is 8.05. The molecule has 2 aliphatic rings. The van der Waals surface area contributed by atoms with Crippen LogP contribution in [0.25, 0.3) is 0 Å². The molecule has 0 amide bonds. The van der Waals surface area contributed by atoms with Gasteiger partial charge in [-0.05, 0) is 24.8 Å². The minimum atomic E-state index is 0.373. The molecule has 22 heavy (non-hydrogen) atoms. The molecule has 0 saturated carbocycles.